The van der Waals surface area contributed by atoms with Gasteiger partial charge in [0.15, 0.2) is 0 Å². The summed E-state index contributed by atoms with van der Waals surface area (Å²) in [7, 11) is 0. The van der Waals surface area contributed by atoms with E-state index in [4.69, 9.17) is 5.11 Å². The maximum atomic E-state index is 14.4. The van der Waals surface area contributed by atoms with Crippen LogP contribution in [0.2, 0.25) is 0 Å². The van der Waals surface area contributed by atoms with Gasteiger partial charge in [0.2, 0.25) is 0 Å². The molecular weight excluding hydrogens is 347 g/mol. The molecule has 0 heterocycles. The average molecular weight is 374 g/mol. The van der Waals surface area contributed by atoms with Crippen LogP contribution in [-0.2, 0) is 4.79 Å². The predicted molar refractivity (Wildman–Crippen MR) is 105 cm³/mol. The summed E-state index contributed by atoms with van der Waals surface area (Å²) in [5.41, 5.74) is 3.33. The minimum atomic E-state index is -1.40. The van der Waals surface area contributed by atoms with Gasteiger partial charge in [-0.1, -0.05) is 42.0 Å². The summed E-state index contributed by atoms with van der Waals surface area (Å²) in [6.45, 7) is 5.48. The molecule has 0 fully saturated rings. The Morgan fingerprint density at radius 1 is 1.33 bits per heavy atom. The van der Waals surface area contributed by atoms with Crippen molar-refractivity contribution in [3.8, 4) is 0 Å². The molecule has 1 aromatic carbocycles. The molecule has 2 rings (SSSR count). The maximum Gasteiger partial charge on any atom is 0.305 e. The normalized spacial score (nSPS) is 21.9. The van der Waals surface area contributed by atoms with Gasteiger partial charge in [-0.25, -0.2) is 4.39 Å². The van der Waals surface area contributed by atoms with Gasteiger partial charge in [-0.2, -0.15) is 0 Å². The molecule has 0 amide bonds. The zero-order valence-electron chi connectivity index (χ0n) is 15.9. The predicted octanol–water partition coefficient (Wildman–Crippen LogP) is 3.97. The van der Waals surface area contributed by atoms with E-state index >= 15 is 0 Å². The van der Waals surface area contributed by atoms with Crippen LogP contribution >= 0.6 is 0 Å². The van der Waals surface area contributed by atoms with Crippen LogP contribution in [0.1, 0.15) is 48.4 Å². The van der Waals surface area contributed by atoms with Crippen molar-refractivity contribution in [3.05, 3.63) is 58.7 Å². The van der Waals surface area contributed by atoms with Crippen molar-refractivity contribution in [2.45, 2.75) is 57.9 Å². The summed E-state index contributed by atoms with van der Waals surface area (Å²) in [4.78, 5) is 10.6. The average Bonchev–Trinajstić information content (AvgIpc) is 2.51. The van der Waals surface area contributed by atoms with Crippen LogP contribution < -0.4 is 0 Å². The Hall–Kier alpha value is -2.24. The third kappa shape index (κ3) is 6.15. The number of carboxylic acid groups (broad SMARTS) is 1. The van der Waals surface area contributed by atoms with E-state index in [1.165, 1.54) is 0 Å². The minimum Gasteiger partial charge on any atom is -0.481 e. The number of alkyl halides is 1. The molecular formula is C22H27FO4. The van der Waals surface area contributed by atoms with Gasteiger partial charge in [-0.05, 0) is 49.1 Å². The Bertz CT molecular complexity index is 790. The molecule has 3 unspecified atom stereocenters. The first-order valence-electron chi connectivity index (χ1n) is 9.02. The Morgan fingerprint density at radius 3 is 2.67 bits per heavy atom. The number of hydrogen-bond donors (Lipinski definition) is 3. The first kappa shape index (κ1) is 21.1. The molecule has 0 bridgehead atoms. The van der Waals surface area contributed by atoms with Gasteiger partial charge in [-0.15, -0.1) is 0 Å². The largest absolute Gasteiger partial charge is 0.481 e. The summed E-state index contributed by atoms with van der Waals surface area (Å²) in [5, 5.41) is 28.4. The van der Waals surface area contributed by atoms with E-state index in [1.807, 2.05) is 32.1 Å². The van der Waals surface area contributed by atoms with Crippen molar-refractivity contribution >= 4 is 17.6 Å². The van der Waals surface area contributed by atoms with Gasteiger partial charge in [0.1, 0.15) is 5.67 Å². The Labute approximate surface area is 159 Å². The fraction of sp³-hybridized carbons (Fsp3) is 0.409. The number of aliphatic hydroxyl groups is 2. The SMILES string of the molecule is Cc1cc(C)c(/C=C/C(O)CC(O)CC(=O)O)c(C2=CC=CC(C)(F)C2)c1. The summed E-state index contributed by atoms with van der Waals surface area (Å²) in [6, 6.07) is 4.02. The van der Waals surface area contributed by atoms with E-state index in [0.29, 0.717) is 0 Å². The Kier molecular flexibility index (Phi) is 6.73. The van der Waals surface area contributed by atoms with E-state index in [0.717, 1.165) is 27.8 Å². The molecule has 0 saturated carbocycles. The lowest BCUT2D eigenvalue weighted by atomic mass is 9.85. The van der Waals surface area contributed by atoms with Gasteiger partial charge < -0.3 is 15.3 Å². The number of rotatable bonds is 7. The molecule has 0 saturated heterocycles. The van der Waals surface area contributed by atoms with Crippen molar-refractivity contribution < 1.29 is 24.5 Å². The standard InChI is InChI=1S/C22H27FO4/c1-14-9-15(2)19(7-6-17(24)11-18(25)12-21(26)27)20(10-14)16-5-4-8-22(3,23)13-16/h4-10,17-18,24-25H,11-13H2,1-3H3,(H,26,27)/b7-6+. The molecule has 5 heteroatoms. The van der Waals surface area contributed by atoms with Gasteiger partial charge in [0.05, 0.1) is 18.6 Å². The van der Waals surface area contributed by atoms with Gasteiger partial charge in [0, 0.05) is 12.8 Å². The Morgan fingerprint density at radius 2 is 2.04 bits per heavy atom. The molecule has 3 N–H and O–H groups in total. The summed E-state index contributed by atoms with van der Waals surface area (Å²) in [5.74, 6) is -1.11. The number of benzene rings is 1. The first-order chi connectivity index (χ1) is 12.6. The number of hydrogen-bond acceptors (Lipinski definition) is 3. The van der Waals surface area contributed by atoms with Gasteiger partial charge in [-0.3, -0.25) is 4.79 Å². The monoisotopic (exact) mass is 374 g/mol. The van der Waals surface area contributed by atoms with Crippen LogP contribution in [0.3, 0.4) is 0 Å². The number of aliphatic carboxylic acids is 1. The molecule has 1 aliphatic rings. The van der Waals surface area contributed by atoms with Crippen molar-refractivity contribution in [1.29, 1.82) is 0 Å². The van der Waals surface area contributed by atoms with Gasteiger partial charge in [0.25, 0.3) is 0 Å². The lowest BCUT2D eigenvalue weighted by Crippen LogP contribution is -2.19. The van der Waals surface area contributed by atoms with Crippen LogP contribution in [0.25, 0.3) is 11.6 Å². The smallest absolute Gasteiger partial charge is 0.305 e. The van der Waals surface area contributed by atoms with E-state index < -0.39 is 30.3 Å². The third-order valence-electron chi connectivity index (χ3n) is 4.56. The highest BCUT2D eigenvalue weighted by molar-refractivity contribution is 5.78. The molecule has 3 atom stereocenters. The van der Waals surface area contributed by atoms with Crippen LogP contribution in [0.4, 0.5) is 4.39 Å². The van der Waals surface area contributed by atoms with E-state index in [9.17, 15) is 19.4 Å². The molecule has 0 aromatic heterocycles. The molecule has 4 nitrogen and oxygen atoms in total. The third-order valence-corrected chi connectivity index (χ3v) is 4.56. The Balaban J connectivity index is 2.28. The molecule has 1 aliphatic carbocycles. The summed E-state index contributed by atoms with van der Waals surface area (Å²) in [6.07, 6.45) is 6.19. The fourth-order valence-electron chi connectivity index (χ4n) is 3.36. The minimum absolute atomic E-state index is 0.0585. The molecule has 27 heavy (non-hydrogen) atoms. The van der Waals surface area contributed by atoms with Crippen LogP contribution in [0, 0.1) is 13.8 Å². The highest BCUT2D eigenvalue weighted by atomic mass is 19.1. The first-order valence-corrected chi connectivity index (χ1v) is 9.02. The highest BCUT2D eigenvalue weighted by Crippen LogP contribution is 2.35. The van der Waals surface area contributed by atoms with Gasteiger partial charge >= 0.3 is 5.97 Å². The van der Waals surface area contributed by atoms with Crippen molar-refractivity contribution in [2.75, 3.05) is 0 Å². The van der Waals surface area contributed by atoms with Crippen LogP contribution in [0.5, 0.6) is 0 Å². The molecule has 0 aliphatic heterocycles. The number of carboxylic acids is 1. The number of carbonyl (C=O) groups is 1. The number of aryl methyl sites for hydroxylation is 2. The van der Waals surface area contributed by atoms with Crippen molar-refractivity contribution in [2.24, 2.45) is 0 Å². The van der Waals surface area contributed by atoms with E-state index in [2.05, 4.69) is 0 Å². The lowest BCUT2D eigenvalue weighted by molar-refractivity contribution is -0.139. The summed E-state index contributed by atoms with van der Waals surface area (Å²) >= 11 is 0. The maximum absolute atomic E-state index is 14.4. The fourth-order valence-corrected chi connectivity index (χ4v) is 3.36. The summed E-state index contributed by atoms with van der Waals surface area (Å²) < 4.78 is 14.4. The second-order valence-electron chi connectivity index (χ2n) is 7.46. The highest BCUT2D eigenvalue weighted by Gasteiger charge is 2.25. The quantitative estimate of drug-likeness (QED) is 0.675. The van der Waals surface area contributed by atoms with E-state index in [-0.39, 0.29) is 12.8 Å². The number of allylic oxidation sites excluding steroid dienone is 4. The van der Waals surface area contributed by atoms with Crippen LogP contribution in [-0.4, -0.2) is 39.2 Å². The zero-order chi connectivity index (χ0) is 20.2. The lowest BCUT2D eigenvalue weighted by Gasteiger charge is -2.23. The van der Waals surface area contributed by atoms with Crippen LogP contribution in [0.15, 0.2) is 36.4 Å². The number of halogens is 1. The van der Waals surface area contributed by atoms with Crippen molar-refractivity contribution in [1.82, 2.24) is 0 Å². The second kappa shape index (κ2) is 8.63. The van der Waals surface area contributed by atoms with E-state index in [1.54, 1.807) is 31.2 Å². The van der Waals surface area contributed by atoms with Crippen molar-refractivity contribution in [3.63, 3.8) is 0 Å². The molecule has 146 valence electrons. The molecule has 0 spiro atoms. The molecule has 1 aromatic rings. The molecule has 0 radical (unpaired) electrons. The topological polar surface area (TPSA) is 77.8 Å². The number of aliphatic hydroxyl groups excluding tert-OH is 2. The second-order valence-corrected chi connectivity index (χ2v) is 7.46. The zero-order valence-corrected chi connectivity index (χ0v) is 15.9.